The molecular formula is C31H50O4. The first-order valence-corrected chi connectivity index (χ1v) is 14.9. The molecule has 0 bridgehead atoms. The van der Waals surface area contributed by atoms with E-state index in [1.807, 2.05) is 13.8 Å². The van der Waals surface area contributed by atoms with E-state index >= 15 is 0 Å². The summed E-state index contributed by atoms with van der Waals surface area (Å²) in [6, 6.07) is 0. The molecule has 10 atom stereocenters. The molecule has 0 radical (unpaired) electrons. The van der Waals surface area contributed by atoms with Crippen LogP contribution in [0, 0.1) is 52.3 Å². The molecule has 0 aromatic heterocycles. The summed E-state index contributed by atoms with van der Waals surface area (Å²) in [7, 11) is 0. The number of hydrogen-bond acceptors (Lipinski definition) is 4. The fourth-order valence-electron chi connectivity index (χ4n) is 9.74. The van der Waals surface area contributed by atoms with E-state index in [0.717, 1.165) is 38.5 Å². The first-order valence-electron chi connectivity index (χ1n) is 14.9. The smallest absolute Gasteiger partial charge is 0.305 e. The van der Waals surface area contributed by atoms with Crippen molar-refractivity contribution in [1.29, 1.82) is 0 Å². The third-order valence-electron chi connectivity index (χ3n) is 11.7. The number of fused-ring (bicyclic) bond motifs is 5. The Labute approximate surface area is 213 Å². The number of hydrogen-bond donors (Lipinski definition) is 0. The molecule has 198 valence electrons. The van der Waals surface area contributed by atoms with E-state index in [0.29, 0.717) is 60.4 Å². The lowest BCUT2D eigenvalue weighted by atomic mass is 9.42. The fraction of sp³-hybridized carbons (Fsp3) is 0.903. The molecule has 0 aromatic rings. The number of ether oxygens (including phenoxy) is 1. The Bertz CT molecular complexity index is 819. The Morgan fingerprint density at radius 1 is 0.943 bits per heavy atom. The van der Waals surface area contributed by atoms with Crippen LogP contribution in [0.25, 0.3) is 0 Å². The van der Waals surface area contributed by atoms with E-state index in [2.05, 4.69) is 27.7 Å². The van der Waals surface area contributed by atoms with Crippen molar-refractivity contribution in [3.8, 4) is 0 Å². The van der Waals surface area contributed by atoms with Crippen molar-refractivity contribution >= 4 is 17.5 Å². The van der Waals surface area contributed by atoms with Gasteiger partial charge in [-0.1, -0.05) is 41.5 Å². The Hall–Kier alpha value is -1.19. The Balaban J connectivity index is 1.56. The normalized spacial score (nSPS) is 43.6. The second-order valence-electron chi connectivity index (χ2n) is 13.1. The van der Waals surface area contributed by atoms with Crippen LogP contribution >= 0.6 is 0 Å². The summed E-state index contributed by atoms with van der Waals surface area (Å²) in [4.78, 5) is 38.2. The van der Waals surface area contributed by atoms with E-state index in [9.17, 15) is 14.4 Å². The molecular weight excluding hydrogens is 436 g/mol. The van der Waals surface area contributed by atoms with Crippen molar-refractivity contribution in [1.82, 2.24) is 0 Å². The molecule has 4 saturated carbocycles. The number of esters is 1. The van der Waals surface area contributed by atoms with Crippen LogP contribution in [0.1, 0.15) is 119 Å². The van der Waals surface area contributed by atoms with E-state index in [1.165, 1.54) is 19.3 Å². The second kappa shape index (κ2) is 10.3. The number of rotatable bonds is 8. The Morgan fingerprint density at radius 2 is 1.63 bits per heavy atom. The molecule has 35 heavy (non-hydrogen) atoms. The molecule has 0 aliphatic heterocycles. The van der Waals surface area contributed by atoms with Gasteiger partial charge >= 0.3 is 5.97 Å². The summed E-state index contributed by atoms with van der Waals surface area (Å²) in [5, 5.41) is 0. The fourth-order valence-corrected chi connectivity index (χ4v) is 9.74. The molecule has 4 aliphatic rings. The summed E-state index contributed by atoms with van der Waals surface area (Å²) in [5.74, 6) is 3.59. The van der Waals surface area contributed by atoms with Gasteiger partial charge in [-0.3, -0.25) is 14.4 Å². The molecule has 4 heteroatoms. The standard InChI is InChI=1S/C31H50O4/c1-7-20(32)11-10-19(4)23-12-13-24-28-25(15-17-30(23,24)5)31(6)16-14-21(35-27(33)9-3)18-26(31)22(8-2)29(28)34/h19,21-26,28H,7-18H2,1-6H3/t19-,21-,22-,23?,24?,25?,26?,28?,30?,31?/m1/s1. The molecule has 7 unspecified atom stereocenters. The van der Waals surface area contributed by atoms with Crippen LogP contribution in [0.3, 0.4) is 0 Å². The van der Waals surface area contributed by atoms with Crippen LogP contribution in [0.4, 0.5) is 0 Å². The molecule has 0 N–H and O–H groups in total. The minimum absolute atomic E-state index is 0.0182. The molecule has 4 fully saturated rings. The highest BCUT2D eigenvalue weighted by Crippen LogP contribution is 2.68. The van der Waals surface area contributed by atoms with Gasteiger partial charge in [0.15, 0.2) is 0 Å². The third-order valence-corrected chi connectivity index (χ3v) is 11.7. The predicted molar refractivity (Wildman–Crippen MR) is 139 cm³/mol. The van der Waals surface area contributed by atoms with Crippen LogP contribution in [0.2, 0.25) is 0 Å². The van der Waals surface area contributed by atoms with Gasteiger partial charge < -0.3 is 4.74 Å². The monoisotopic (exact) mass is 486 g/mol. The Kier molecular flexibility index (Phi) is 7.89. The summed E-state index contributed by atoms with van der Waals surface area (Å²) in [5.41, 5.74) is 0.397. The number of carbonyl (C=O) groups excluding carboxylic acids is 3. The SMILES string of the molecule is CCC(=O)CC[C@@H](C)C1CCC2C3C(=O)[C@H](CC)C4C[C@H](OC(=O)CC)CCC4(C)C3CCC21C. The maximum Gasteiger partial charge on any atom is 0.305 e. The minimum atomic E-state index is -0.105. The average molecular weight is 487 g/mol. The van der Waals surface area contributed by atoms with Gasteiger partial charge in [0.2, 0.25) is 0 Å². The van der Waals surface area contributed by atoms with Gasteiger partial charge in [-0.05, 0) is 98.2 Å². The van der Waals surface area contributed by atoms with Crippen LogP contribution < -0.4 is 0 Å². The van der Waals surface area contributed by atoms with Crippen molar-refractivity contribution in [3.63, 3.8) is 0 Å². The highest BCUT2D eigenvalue weighted by molar-refractivity contribution is 5.86. The molecule has 0 heterocycles. The number of Topliss-reactive ketones (excluding diaryl/α,β-unsaturated/α-hetero) is 2. The highest BCUT2D eigenvalue weighted by Gasteiger charge is 2.65. The largest absolute Gasteiger partial charge is 0.462 e. The van der Waals surface area contributed by atoms with E-state index in [-0.39, 0.29) is 34.7 Å². The first-order chi connectivity index (χ1) is 16.6. The predicted octanol–water partition coefficient (Wildman–Crippen LogP) is 7.18. The van der Waals surface area contributed by atoms with Crippen LogP contribution in [0.5, 0.6) is 0 Å². The van der Waals surface area contributed by atoms with Gasteiger partial charge in [-0.15, -0.1) is 0 Å². The lowest BCUT2D eigenvalue weighted by Gasteiger charge is -2.62. The van der Waals surface area contributed by atoms with Gasteiger partial charge in [-0.25, -0.2) is 0 Å². The van der Waals surface area contributed by atoms with Crippen LogP contribution in [-0.2, 0) is 19.1 Å². The van der Waals surface area contributed by atoms with Gasteiger partial charge in [0.25, 0.3) is 0 Å². The van der Waals surface area contributed by atoms with Crippen LogP contribution in [0.15, 0.2) is 0 Å². The van der Waals surface area contributed by atoms with Crippen molar-refractivity contribution in [3.05, 3.63) is 0 Å². The molecule has 0 aromatic carbocycles. The van der Waals surface area contributed by atoms with Crippen molar-refractivity contribution in [2.75, 3.05) is 0 Å². The van der Waals surface area contributed by atoms with Gasteiger partial charge in [0.05, 0.1) is 0 Å². The molecule has 0 spiro atoms. The summed E-state index contributed by atoms with van der Waals surface area (Å²) >= 11 is 0. The zero-order chi connectivity index (χ0) is 25.5. The van der Waals surface area contributed by atoms with Crippen LogP contribution in [-0.4, -0.2) is 23.6 Å². The average Bonchev–Trinajstić information content (AvgIpc) is 3.20. The summed E-state index contributed by atoms with van der Waals surface area (Å²) in [6.07, 6.45) is 11.3. The van der Waals surface area contributed by atoms with E-state index < -0.39 is 0 Å². The molecule has 0 amide bonds. The van der Waals surface area contributed by atoms with Gasteiger partial charge in [-0.2, -0.15) is 0 Å². The molecule has 4 nitrogen and oxygen atoms in total. The third kappa shape index (κ3) is 4.54. The van der Waals surface area contributed by atoms with E-state index in [1.54, 1.807) is 0 Å². The van der Waals surface area contributed by atoms with Crippen molar-refractivity contribution in [2.24, 2.45) is 52.3 Å². The molecule has 4 rings (SSSR count). The minimum Gasteiger partial charge on any atom is -0.462 e. The van der Waals surface area contributed by atoms with Crippen molar-refractivity contribution < 1.29 is 19.1 Å². The number of carbonyl (C=O) groups is 3. The maximum atomic E-state index is 14.2. The lowest BCUT2D eigenvalue weighted by molar-refractivity contribution is -0.179. The van der Waals surface area contributed by atoms with Gasteiger partial charge in [0.1, 0.15) is 17.7 Å². The van der Waals surface area contributed by atoms with Gasteiger partial charge in [0, 0.05) is 31.1 Å². The van der Waals surface area contributed by atoms with Crippen molar-refractivity contribution in [2.45, 2.75) is 125 Å². The zero-order valence-electron chi connectivity index (χ0n) is 23.2. The quantitative estimate of drug-likeness (QED) is 0.341. The Morgan fingerprint density at radius 3 is 2.29 bits per heavy atom. The number of ketones is 2. The summed E-state index contributed by atoms with van der Waals surface area (Å²) in [6.45, 7) is 13.4. The lowest BCUT2D eigenvalue weighted by Crippen LogP contribution is -2.60. The zero-order valence-corrected chi connectivity index (χ0v) is 23.2. The maximum absolute atomic E-state index is 14.2. The summed E-state index contributed by atoms with van der Waals surface area (Å²) < 4.78 is 5.80. The molecule has 4 aliphatic carbocycles. The second-order valence-corrected chi connectivity index (χ2v) is 13.1. The molecule has 0 saturated heterocycles. The highest BCUT2D eigenvalue weighted by atomic mass is 16.5. The van der Waals surface area contributed by atoms with E-state index in [4.69, 9.17) is 4.74 Å². The topological polar surface area (TPSA) is 60.4 Å². The first kappa shape index (κ1) is 26.9.